The first kappa shape index (κ1) is 25.2. The lowest BCUT2D eigenvalue weighted by Crippen LogP contribution is -2.22. The molecule has 0 aliphatic rings. The molecule has 0 saturated heterocycles. The van der Waals surface area contributed by atoms with E-state index in [1.807, 2.05) is 24.5 Å². The van der Waals surface area contributed by atoms with Gasteiger partial charge in [0.15, 0.2) is 0 Å². The molecule has 4 heteroatoms. The molecule has 0 N–H and O–H groups in total. The number of pyridine rings is 4. The van der Waals surface area contributed by atoms with Gasteiger partial charge in [-0.15, -0.1) is 0 Å². The van der Waals surface area contributed by atoms with Crippen molar-refractivity contribution < 1.29 is 0 Å². The fourth-order valence-electron chi connectivity index (χ4n) is 5.96. The molecule has 8 rings (SSSR count). The molecule has 0 aliphatic heterocycles. The summed E-state index contributed by atoms with van der Waals surface area (Å²) in [6.07, 6.45) is 3.89. The SMILES string of the molecule is CC(C)(c1ccc2ccc3cc(-c4ccccc4)cnc3c2n1)c1ccc2ccc3cc(-c4ccccc4)cnc3c2n1. The lowest BCUT2D eigenvalue weighted by atomic mass is 9.84. The normalized spacial score (nSPS) is 12.0. The van der Waals surface area contributed by atoms with Gasteiger partial charge in [-0.1, -0.05) is 97.1 Å². The fourth-order valence-corrected chi connectivity index (χ4v) is 5.96. The van der Waals surface area contributed by atoms with E-state index in [1.165, 1.54) is 0 Å². The Morgan fingerprint density at radius 1 is 0.395 bits per heavy atom. The summed E-state index contributed by atoms with van der Waals surface area (Å²) in [5, 5.41) is 4.30. The minimum Gasteiger partial charge on any atom is -0.253 e. The monoisotopic (exact) mass is 552 g/mol. The Bertz CT molecular complexity index is 2140. The van der Waals surface area contributed by atoms with E-state index >= 15 is 0 Å². The minimum absolute atomic E-state index is 0.444. The molecule has 43 heavy (non-hydrogen) atoms. The van der Waals surface area contributed by atoms with Gasteiger partial charge >= 0.3 is 0 Å². The van der Waals surface area contributed by atoms with Crippen molar-refractivity contribution in [2.75, 3.05) is 0 Å². The van der Waals surface area contributed by atoms with E-state index in [0.717, 1.165) is 77.3 Å². The van der Waals surface area contributed by atoms with Crippen molar-refractivity contribution in [2.45, 2.75) is 19.3 Å². The smallest absolute Gasteiger partial charge is 0.0968 e. The van der Waals surface area contributed by atoms with Gasteiger partial charge in [0.1, 0.15) is 0 Å². The number of rotatable bonds is 4. The van der Waals surface area contributed by atoms with Gasteiger partial charge in [-0.2, -0.15) is 0 Å². The first-order chi connectivity index (χ1) is 21.0. The van der Waals surface area contributed by atoms with Gasteiger partial charge in [0.05, 0.1) is 33.5 Å². The van der Waals surface area contributed by atoms with Crippen LogP contribution in [0.5, 0.6) is 0 Å². The Labute approximate surface area is 249 Å². The fraction of sp³-hybridized carbons (Fsp3) is 0.0769. The van der Waals surface area contributed by atoms with E-state index in [0.29, 0.717) is 0 Å². The first-order valence-electron chi connectivity index (χ1n) is 14.6. The van der Waals surface area contributed by atoms with Gasteiger partial charge in [0.2, 0.25) is 0 Å². The van der Waals surface area contributed by atoms with Crippen molar-refractivity contribution in [3.8, 4) is 22.3 Å². The predicted molar refractivity (Wildman–Crippen MR) is 177 cm³/mol. The van der Waals surface area contributed by atoms with Crippen molar-refractivity contribution in [3.63, 3.8) is 0 Å². The standard InChI is InChI=1S/C39H28N4/c1-39(2,33-19-17-27-13-15-29-21-31(25-9-5-3-6-10-25)23-40-35(29)37(27)42-33)34-20-18-28-14-16-30-22-32(26-11-7-4-8-12-26)24-41-36(30)38(28)43-34/h3-24H,1-2H3. The predicted octanol–water partition coefficient (Wildman–Crippen LogP) is 9.54. The molecule has 0 fully saturated rings. The third-order valence-corrected chi connectivity index (χ3v) is 8.52. The molecule has 0 atom stereocenters. The van der Waals surface area contributed by atoms with Crippen LogP contribution in [-0.4, -0.2) is 19.9 Å². The molecule has 0 saturated carbocycles. The molecule has 4 aromatic carbocycles. The number of nitrogens with zero attached hydrogens (tertiary/aromatic N) is 4. The lowest BCUT2D eigenvalue weighted by molar-refractivity contribution is 0.601. The number of fused-ring (bicyclic) bond motifs is 6. The molecule has 0 spiro atoms. The molecular weight excluding hydrogens is 524 g/mol. The van der Waals surface area contributed by atoms with Crippen molar-refractivity contribution in [1.29, 1.82) is 0 Å². The summed E-state index contributed by atoms with van der Waals surface area (Å²) in [5.74, 6) is 0. The third kappa shape index (κ3) is 4.31. The van der Waals surface area contributed by atoms with Crippen LogP contribution in [0, 0.1) is 0 Å². The Balaban J connectivity index is 1.22. The minimum atomic E-state index is -0.444. The molecule has 4 aromatic heterocycles. The van der Waals surface area contributed by atoms with Crippen molar-refractivity contribution in [1.82, 2.24) is 19.9 Å². The summed E-state index contributed by atoms with van der Waals surface area (Å²) >= 11 is 0. The average molecular weight is 553 g/mol. The Hall–Kier alpha value is -5.48. The van der Waals surface area contributed by atoms with E-state index in [4.69, 9.17) is 19.9 Å². The largest absolute Gasteiger partial charge is 0.253 e. The summed E-state index contributed by atoms with van der Waals surface area (Å²) in [5.41, 5.74) is 9.59. The van der Waals surface area contributed by atoms with E-state index in [2.05, 4.69) is 123 Å². The average Bonchev–Trinajstić information content (AvgIpc) is 3.07. The highest BCUT2D eigenvalue weighted by Crippen LogP contribution is 2.35. The third-order valence-electron chi connectivity index (χ3n) is 8.52. The van der Waals surface area contributed by atoms with Crippen LogP contribution in [0.15, 0.2) is 134 Å². The van der Waals surface area contributed by atoms with Crippen LogP contribution in [0.3, 0.4) is 0 Å². The van der Waals surface area contributed by atoms with E-state index in [-0.39, 0.29) is 0 Å². The van der Waals surface area contributed by atoms with Crippen LogP contribution >= 0.6 is 0 Å². The summed E-state index contributed by atoms with van der Waals surface area (Å²) in [7, 11) is 0. The van der Waals surface area contributed by atoms with Crippen LogP contribution in [0.1, 0.15) is 25.2 Å². The summed E-state index contributed by atoms with van der Waals surface area (Å²) in [6.45, 7) is 4.38. The quantitative estimate of drug-likeness (QED) is 0.204. The molecule has 204 valence electrons. The molecule has 0 aliphatic carbocycles. The molecule has 4 heterocycles. The van der Waals surface area contributed by atoms with E-state index in [1.54, 1.807) is 0 Å². The summed E-state index contributed by atoms with van der Waals surface area (Å²) in [6, 6.07) is 42.2. The number of hydrogen-bond donors (Lipinski definition) is 0. The van der Waals surface area contributed by atoms with Crippen LogP contribution in [0.4, 0.5) is 0 Å². The van der Waals surface area contributed by atoms with Gasteiger partial charge < -0.3 is 0 Å². The highest BCUT2D eigenvalue weighted by atomic mass is 14.8. The van der Waals surface area contributed by atoms with Crippen molar-refractivity contribution >= 4 is 43.6 Å². The van der Waals surface area contributed by atoms with Gasteiger partial charge in [-0.3, -0.25) is 9.97 Å². The van der Waals surface area contributed by atoms with Gasteiger partial charge in [-0.05, 0) is 49.2 Å². The first-order valence-corrected chi connectivity index (χ1v) is 14.6. The summed E-state index contributed by atoms with van der Waals surface area (Å²) < 4.78 is 0. The number of benzene rings is 4. The van der Waals surface area contributed by atoms with Crippen LogP contribution in [-0.2, 0) is 5.41 Å². The second kappa shape index (κ2) is 9.81. The number of aromatic nitrogens is 4. The molecule has 0 amide bonds. The maximum atomic E-state index is 5.22. The van der Waals surface area contributed by atoms with Gasteiger partial charge in [0, 0.05) is 50.5 Å². The zero-order valence-electron chi connectivity index (χ0n) is 24.0. The lowest BCUT2D eigenvalue weighted by Gasteiger charge is -2.24. The summed E-state index contributed by atoms with van der Waals surface area (Å²) in [4.78, 5) is 20.2. The maximum absolute atomic E-state index is 5.22. The van der Waals surface area contributed by atoms with Crippen LogP contribution in [0.2, 0.25) is 0 Å². The van der Waals surface area contributed by atoms with E-state index < -0.39 is 5.41 Å². The van der Waals surface area contributed by atoms with Crippen molar-refractivity contribution in [3.05, 3.63) is 145 Å². The second-order valence-corrected chi connectivity index (χ2v) is 11.6. The molecule has 8 aromatic rings. The van der Waals surface area contributed by atoms with Gasteiger partial charge in [-0.25, -0.2) is 9.97 Å². The highest BCUT2D eigenvalue weighted by molar-refractivity contribution is 6.05. The Morgan fingerprint density at radius 2 is 0.791 bits per heavy atom. The van der Waals surface area contributed by atoms with Crippen molar-refractivity contribution in [2.24, 2.45) is 0 Å². The Kier molecular flexibility index (Phi) is 5.76. The molecule has 4 nitrogen and oxygen atoms in total. The topological polar surface area (TPSA) is 51.6 Å². The molecule has 0 unspecified atom stereocenters. The highest BCUT2D eigenvalue weighted by Gasteiger charge is 2.27. The number of hydrogen-bond acceptors (Lipinski definition) is 4. The molecule has 0 bridgehead atoms. The van der Waals surface area contributed by atoms with Crippen LogP contribution < -0.4 is 0 Å². The Morgan fingerprint density at radius 3 is 1.23 bits per heavy atom. The van der Waals surface area contributed by atoms with Gasteiger partial charge in [0.25, 0.3) is 0 Å². The van der Waals surface area contributed by atoms with Crippen LogP contribution in [0.25, 0.3) is 65.9 Å². The molecule has 0 radical (unpaired) electrons. The zero-order valence-corrected chi connectivity index (χ0v) is 24.0. The molecular formula is C39H28N4. The zero-order chi connectivity index (χ0) is 29.0. The second-order valence-electron chi connectivity index (χ2n) is 11.6. The maximum Gasteiger partial charge on any atom is 0.0968 e. The van der Waals surface area contributed by atoms with E-state index in [9.17, 15) is 0 Å².